The van der Waals surface area contributed by atoms with Crippen molar-refractivity contribution in [3.05, 3.63) is 12.2 Å². The molecule has 0 fully saturated rings. The van der Waals surface area contributed by atoms with Crippen LogP contribution in [0.5, 0.6) is 0 Å². The second kappa shape index (κ2) is 32.1. The summed E-state index contributed by atoms with van der Waals surface area (Å²) in [7, 11) is 0. The fraction of sp³-hybridized carbons (Fsp3) is 0.861. The van der Waals surface area contributed by atoms with Crippen molar-refractivity contribution in [1.29, 1.82) is 0 Å². The van der Waals surface area contributed by atoms with E-state index < -0.39 is 5.97 Å². The zero-order valence-electron chi connectivity index (χ0n) is 27.6. The first-order chi connectivity index (χ1) is 20.5. The molecule has 0 radical (unpaired) electrons. The highest BCUT2D eigenvalue weighted by atomic mass is 16.5. The Morgan fingerprint density at radius 1 is 0.619 bits per heavy atom. The average Bonchev–Trinajstić information content (AvgIpc) is 2.97. The third kappa shape index (κ3) is 31.1. The van der Waals surface area contributed by atoms with Gasteiger partial charge in [-0.25, -0.2) is 0 Å². The van der Waals surface area contributed by atoms with Crippen molar-refractivity contribution in [2.45, 2.75) is 193 Å². The van der Waals surface area contributed by atoms with Crippen LogP contribution in [0.1, 0.15) is 187 Å². The maximum Gasteiger partial charge on any atom is 0.322 e. The van der Waals surface area contributed by atoms with Gasteiger partial charge in [0.05, 0.1) is 0 Å². The number of carboxylic acids is 1. The van der Waals surface area contributed by atoms with Crippen LogP contribution in [0.4, 0.5) is 0 Å². The van der Waals surface area contributed by atoms with E-state index in [1.807, 2.05) is 0 Å². The summed E-state index contributed by atoms with van der Waals surface area (Å²) in [4.78, 5) is 34.8. The van der Waals surface area contributed by atoms with Gasteiger partial charge in [0.2, 0.25) is 5.91 Å². The van der Waals surface area contributed by atoms with E-state index in [0.717, 1.165) is 51.4 Å². The fourth-order valence-corrected chi connectivity index (χ4v) is 5.25. The molecule has 42 heavy (non-hydrogen) atoms. The predicted octanol–water partition coefficient (Wildman–Crippen LogP) is 10.2. The topological polar surface area (TPSA) is 92.7 Å². The Bertz CT molecular complexity index is 663. The molecule has 0 saturated heterocycles. The molecule has 6 nitrogen and oxygen atoms in total. The fourth-order valence-electron chi connectivity index (χ4n) is 5.25. The van der Waals surface area contributed by atoms with Gasteiger partial charge in [0.15, 0.2) is 0 Å². The highest BCUT2D eigenvalue weighted by Gasteiger charge is 2.12. The molecule has 0 bridgehead atoms. The Morgan fingerprint density at radius 2 is 1.07 bits per heavy atom. The van der Waals surface area contributed by atoms with Gasteiger partial charge in [0.1, 0.15) is 12.6 Å². The van der Waals surface area contributed by atoms with Crippen LogP contribution in [0.15, 0.2) is 12.2 Å². The number of amides is 1. The number of esters is 1. The van der Waals surface area contributed by atoms with Gasteiger partial charge < -0.3 is 15.2 Å². The van der Waals surface area contributed by atoms with Crippen LogP contribution in [0.25, 0.3) is 0 Å². The number of ether oxygens (including phenoxy) is 1. The maximum absolute atomic E-state index is 12.6. The van der Waals surface area contributed by atoms with Crippen LogP contribution in [-0.2, 0) is 19.1 Å². The van der Waals surface area contributed by atoms with E-state index in [2.05, 4.69) is 31.3 Å². The summed E-state index contributed by atoms with van der Waals surface area (Å²) in [5, 5.41) is 11.0. The lowest BCUT2D eigenvalue weighted by atomic mass is 10.0. The molecule has 0 heterocycles. The molecule has 1 amide bonds. The largest absolute Gasteiger partial charge is 0.480 e. The van der Waals surface area contributed by atoms with Crippen molar-refractivity contribution in [3.8, 4) is 0 Å². The van der Waals surface area contributed by atoms with Crippen LogP contribution in [-0.4, -0.2) is 35.6 Å². The Balaban J connectivity index is 4.19. The number of hydrogen-bond acceptors (Lipinski definition) is 4. The van der Waals surface area contributed by atoms with Crippen molar-refractivity contribution in [1.82, 2.24) is 5.32 Å². The third-order valence-corrected chi connectivity index (χ3v) is 7.92. The SMILES string of the molecule is CCCCCCCCC/C=C\C(CCCCCCC(=O)NCC(=O)O)OC(=O)CCCCCCCCCCCCCC. The number of nitrogens with one attached hydrogen (secondary N) is 1. The minimum atomic E-state index is -1.03. The molecular weight excluding hydrogens is 526 g/mol. The summed E-state index contributed by atoms with van der Waals surface area (Å²) in [6.07, 6.45) is 34.8. The van der Waals surface area contributed by atoms with Crippen LogP contribution >= 0.6 is 0 Å². The second-order valence-corrected chi connectivity index (χ2v) is 12.1. The molecule has 6 heteroatoms. The molecule has 0 rings (SSSR count). The van der Waals surface area contributed by atoms with E-state index in [9.17, 15) is 14.4 Å². The van der Waals surface area contributed by atoms with Crippen LogP contribution in [0.2, 0.25) is 0 Å². The van der Waals surface area contributed by atoms with Crippen LogP contribution in [0, 0.1) is 0 Å². The molecule has 0 aromatic heterocycles. The molecule has 1 atom stereocenters. The molecule has 0 aliphatic carbocycles. The molecule has 0 aromatic carbocycles. The van der Waals surface area contributed by atoms with Gasteiger partial charge in [0, 0.05) is 12.8 Å². The number of carbonyl (C=O) groups excluding carboxylic acids is 2. The lowest BCUT2D eigenvalue weighted by Gasteiger charge is -2.15. The molecule has 0 saturated carbocycles. The number of unbranched alkanes of at least 4 members (excludes halogenated alkanes) is 21. The van der Waals surface area contributed by atoms with Gasteiger partial charge in [0.25, 0.3) is 0 Å². The zero-order valence-corrected chi connectivity index (χ0v) is 27.6. The summed E-state index contributed by atoms with van der Waals surface area (Å²) in [5.41, 5.74) is 0. The summed E-state index contributed by atoms with van der Waals surface area (Å²) < 4.78 is 5.88. The molecule has 2 N–H and O–H groups in total. The van der Waals surface area contributed by atoms with Crippen LogP contribution < -0.4 is 5.32 Å². The summed E-state index contributed by atoms with van der Waals surface area (Å²) in [6.45, 7) is 4.19. The first kappa shape index (κ1) is 40.1. The Labute approximate surface area is 259 Å². The van der Waals surface area contributed by atoms with Crippen LogP contribution in [0.3, 0.4) is 0 Å². The van der Waals surface area contributed by atoms with E-state index in [4.69, 9.17) is 9.84 Å². The van der Waals surface area contributed by atoms with Gasteiger partial charge in [-0.05, 0) is 44.6 Å². The van der Waals surface area contributed by atoms with Gasteiger partial charge >= 0.3 is 11.9 Å². The molecule has 246 valence electrons. The molecule has 1 unspecified atom stereocenters. The number of hydrogen-bond donors (Lipinski definition) is 2. The summed E-state index contributed by atoms with van der Waals surface area (Å²) >= 11 is 0. The predicted molar refractivity (Wildman–Crippen MR) is 176 cm³/mol. The Hall–Kier alpha value is -1.85. The van der Waals surface area contributed by atoms with E-state index in [-0.39, 0.29) is 24.5 Å². The van der Waals surface area contributed by atoms with Crippen molar-refractivity contribution < 1.29 is 24.2 Å². The van der Waals surface area contributed by atoms with Crippen molar-refractivity contribution in [2.75, 3.05) is 6.54 Å². The normalized spacial score (nSPS) is 12.0. The van der Waals surface area contributed by atoms with Crippen molar-refractivity contribution in [2.24, 2.45) is 0 Å². The molecule has 0 aromatic rings. The molecule has 0 spiro atoms. The first-order valence-electron chi connectivity index (χ1n) is 17.8. The lowest BCUT2D eigenvalue weighted by molar-refractivity contribution is -0.147. The standard InChI is InChI=1S/C36H67NO5/c1-3-5-7-9-11-13-14-15-17-19-21-27-31-36(41)42-33(28-24-20-18-16-12-10-8-6-4-2)29-25-22-23-26-30-34(38)37-32-35(39)40/h24,28,33H,3-23,25-27,29-32H2,1-2H3,(H,37,38)(H,39,40)/b28-24-. The van der Waals surface area contributed by atoms with Crippen molar-refractivity contribution in [3.63, 3.8) is 0 Å². The quantitative estimate of drug-likeness (QED) is 0.0460. The van der Waals surface area contributed by atoms with E-state index in [1.165, 1.54) is 109 Å². The number of carbonyl (C=O) groups is 3. The van der Waals surface area contributed by atoms with E-state index >= 15 is 0 Å². The monoisotopic (exact) mass is 594 g/mol. The Kier molecular flexibility index (Phi) is 30.7. The van der Waals surface area contributed by atoms with Gasteiger partial charge in [-0.1, -0.05) is 142 Å². The number of allylic oxidation sites excluding steroid dienone is 1. The molecule has 0 aliphatic heterocycles. The summed E-state index contributed by atoms with van der Waals surface area (Å²) in [5.74, 6) is -1.32. The smallest absolute Gasteiger partial charge is 0.322 e. The minimum absolute atomic E-state index is 0.0808. The lowest BCUT2D eigenvalue weighted by Crippen LogP contribution is -2.28. The molecule has 0 aliphatic rings. The Morgan fingerprint density at radius 3 is 1.60 bits per heavy atom. The highest BCUT2D eigenvalue weighted by Crippen LogP contribution is 2.16. The first-order valence-corrected chi connectivity index (χ1v) is 17.8. The zero-order chi connectivity index (χ0) is 30.9. The molecular formula is C36H67NO5. The minimum Gasteiger partial charge on any atom is -0.480 e. The van der Waals surface area contributed by atoms with Gasteiger partial charge in [-0.15, -0.1) is 0 Å². The number of aliphatic carboxylic acids is 1. The highest BCUT2D eigenvalue weighted by molar-refractivity contribution is 5.80. The summed E-state index contributed by atoms with van der Waals surface area (Å²) in [6, 6.07) is 0. The maximum atomic E-state index is 12.6. The van der Waals surface area contributed by atoms with E-state index in [1.54, 1.807) is 0 Å². The number of rotatable bonds is 32. The second-order valence-electron chi connectivity index (χ2n) is 12.1. The third-order valence-electron chi connectivity index (χ3n) is 7.92. The number of carboxylic acid groups (broad SMARTS) is 1. The van der Waals surface area contributed by atoms with Gasteiger partial charge in [-0.2, -0.15) is 0 Å². The average molecular weight is 594 g/mol. The van der Waals surface area contributed by atoms with Gasteiger partial charge in [-0.3, -0.25) is 14.4 Å². The van der Waals surface area contributed by atoms with Crippen molar-refractivity contribution >= 4 is 17.8 Å². The van der Waals surface area contributed by atoms with E-state index in [0.29, 0.717) is 12.8 Å².